The van der Waals surface area contributed by atoms with Gasteiger partial charge in [-0.3, -0.25) is 9.59 Å². The lowest BCUT2D eigenvalue weighted by Gasteiger charge is -2.10. The highest BCUT2D eigenvalue weighted by Crippen LogP contribution is 2.29. The maximum absolute atomic E-state index is 11.4. The molecule has 1 atom stereocenters. The number of carbonyl (C=O) groups excluding carboxylic acids is 2. The number of thiophene rings is 1. The number of thioether (sulfide) groups is 1. The molecule has 2 N–H and O–H groups in total. The zero-order valence-electron chi connectivity index (χ0n) is 11.8. The third-order valence-electron chi connectivity index (χ3n) is 2.89. The molecule has 2 heterocycles. The van der Waals surface area contributed by atoms with Crippen molar-refractivity contribution in [1.29, 1.82) is 0 Å². The molecule has 21 heavy (non-hydrogen) atoms. The quantitative estimate of drug-likeness (QED) is 0.786. The first-order valence-corrected chi connectivity index (χ1v) is 8.17. The van der Waals surface area contributed by atoms with Gasteiger partial charge in [-0.25, -0.2) is 0 Å². The Balaban J connectivity index is 2.31. The highest BCUT2D eigenvalue weighted by atomic mass is 32.2. The van der Waals surface area contributed by atoms with E-state index in [1.807, 2.05) is 29.0 Å². The Kier molecular flexibility index (Phi) is 5.13. The summed E-state index contributed by atoms with van der Waals surface area (Å²) in [5.41, 5.74) is 5.23. The molecule has 0 bridgehead atoms. The lowest BCUT2D eigenvalue weighted by molar-refractivity contribution is -0.118. The Hall–Kier alpha value is -1.67. The summed E-state index contributed by atoms with van der Waals surface area (Å²) in [6.07, 6.45) is 0.207. The molecule has 2 aromatic heterocycles. The molecule has 1 unspecified atom stereocenters. The van der Waals surface area contributed by atoms with Crippen molar-refractivity contribution in [3.8, 4) is 10.7 Å². The van der Waals surface area contributed by atoms with Crippen LogP contribution in [0.1, 0.15) is 20.3 Å². The predicted octanol–water partition coefficient (Wildman–Crippen LogP) is 1.95. The molecule has 112 valence electrons. The number of hydrogen-bond donors (Lipinski definition) is 1. The van der Waals surface area contributed by atoms with E-state index in [2.05, 4.69) is 10.2 Å². The van der Waals surface area contributed by atoms with Crippen LogP contribution in [0.3, 0.4) is 0 Å². The summed E-state index contributed by atoms with van der Waals surface area (Å²) in [5.74, 6) is 0.392. The fourth-order valence-corrected chi connectivity index (χ4v) is 3.22. The predicted molar refractivity (Wildman–Crippen MR) is 83.1 cm³/mol. The minimum Gasteiger partial charge on any atom is -0.370 e. The smallest absolute Gasteiger partial charge is 0.219 e. The van der Waals surface area contributed by atoms with Gasteiger partial charge in [-0.15, -0.1) is 21.5 Å². The van der Waals surface area contributed by atoms with Crippen molar-refractivity contribution >= 4 is 34.8 Å². The van der Waals surface area contributed by atoms with Gasteiger partial charge < -0.3 is 10.3 Å². The number of amides is 1. The van der Waals surface area contributed by atoms with Crippen molar-refractivity contribution < 1.29 is 9.59 Å². The summed E-state index contributed by atoms with van der Waals surface area (Å²) in [6.45, 7) is 3.77. The molecule has 2 aromatic rings. The van der Waals surface area contributed by atoms with E-state index >= 15 is 0 Å². The summed E-state index contributed by atoms with van der Waals surface area (Å²) in [4.78, 5) is 23.4. The van der Waals surface area contributed by atoms with Gasteiger partial charge in [0.2, 0.25) is 5.91 Å². The SMILES string of the molecule is CC(=O)C(C)Sc1nnc(-c2cccs2)n1CCC(N)=O. The van der Waals surface area contributed by atoms with E-state index in [0.717, 1.165) is 4.88 Å². The molecule has 0 aromatic carbocycles. The molecule has 0 fully saturated rings. The van der Waals surface area contributed by atoms with Crippen LogP contribution in [0.5, 0.6) is 0 Å². The standard InChI is InChI=1S/C13H16N4O2S2/c1-8(18)9(2)21-13-16-15-12(10-4-3-7-20-10)17(13)6-5-11(14)19/h3-4,7,9H,5-6H2,1-2H3,(H2,14,19). The average Bonchev–Trinajstić information content (AvgIpc) is 3.04. The van der Waals surface area contributed by atoms with Crippen molar-refractivity contribution in [2.24, 2.45) is 5.73 Å². The molecule has 6 nitrogen and oxygen atoms in total. The number of primary amides is 1. The fourth-order valence-electron chi connectivity index (χ4n) is 1.63. The van der Waals surface area contributed by atoms with Crippen molar-refractivity contribution in [2.75, 3.05) is 0 Å². The summed E-state index contributed by atoms with van der Waals surface area (Å²) >= 11 is 2.89. The van der Waals surface area contributed by atoms with Gasteiger partial charge in [0.25, 0.3) is 0 Å². The Bertz CT molecular complexity index is 637. The number of hydrogen-bond acceptors (Lipinski definition) is 6. The van der Waals surface area contributed by atoms with E-state index in [0.29, 0.717) is 17.5 Å². The second kappa shape index (κ2) is 6.86. The highest BCUT2D eigenvalue weighted by molar-refractivity contribution is 8.00. The number of carbonyl (C=O) groups is 2. The normalized spacial score (nSPS) is 12.3. The number of Topliss-reactive ketones (excluding diaryl/α,β-unsaturated/α-hetero) is 1. The molecule has 0 aliphatic carbocycles. The number of aromatic nitrogens is 3. The van der Waals surface area contributed by atoms with Crippen molar-refractivity contribution in [2.45, 2.75) is 37.2 Å². The first kappa shape index (κ1) is 15.7. The third kappa shape index (κ3) is 3.92. The zero-order valence-corrected chi connectivity index (χ0v) is 13.4. The van der Waals surface area contributed by atoms with Crippen LogP contribution >= 0.6 is 23.1 Å². The molecule has 2 rings (SSSR count). The number of rotatable bonds is 7. The Morgan fingerprint density at radius 2 is 2.24 bits per heavy atom. The average molecular weight is 324 g/mol. The van der Waals surface area contributed by atoms with Gasteiger partial charge in [0.1, 0.15) is 5.78 Å². The van der Waals surface area contributed by atoms with Gasteiger partial charge in [-0.2, -0.15) is 0 Å². The first-order chi connectivity index (χ1) is 9.99. The van der Waals surface area contributed by atoms with Gasteiger partial charge in [0, 0.05) is 13.0 Å². The lowest BCUT2D eigenvalue weighted by Crippen LogP contribution is -2.16. The molecule has 0 spiro atoms. The first-order valence-electron chi connectivity index (χ1n) is 6.41. The van der Waals surface area contributed by atoms with Crippen molar-refractivity contribution in [3.05, 3.63) is 17.5 Å². The molecule has 0 aliphatic heterocycles. The van der Waals surface area contributed by atoms with E-state index in [1.165, 1.54) is 11.8 Å². The van der Waals surface area contributed by atoms with Crippen LogP contribution in [0.4, 0.5) is 0 Å². The van der Waals surface area contributed by atoms with E-state index in [4.69, 9.17) is 5.73 Å². The van der Waals surface area contributed by atoms with Crippen molar-refractivity contribution in [3.63, 3.8) is 0 Å². The van der Waals surface area contributed by atoms with Crippen LogP contribution in [0.15, 0.2) is 22.7 Å². The maximum Gasteiger partial charge on any atom is 0.219 e. The largest absolute Gasteiger partial charge is 0.370 e. The van der Waals surface area contributed by atoms with Gasteiger partial charge in [-0.1, -0.05) is 17.8 Å². The van der Waals surface area contributed by atoms with Gasteiger partial charge in [-0.05, 0) is 25.3 Å². The maximum atomic E-state index is 11.4. The van der Waals surface area contributed by atoms with Crippen LogP contribution in [-0.2, 0) is 16.1 Å². The van der Waals surface area contributed by atoms with Crippen LogP contribution < -0.4 is 5.73 Å². The number of nitrogens with zero attached hydrogens (tertiary/aromatic N) is 3. The van der Waals surface area contributed by atoms with Crippen LogP contribution in [0.25, 0.3) is 10.7 Å². The second-order valence-corrected chi connectivity index (χ2v) is 6.78. The minimum atomic E-state index is -0.378. The van der Waals surface area contributed by atoms with E-state index in [9.17, 15) is 9.59 Å². The molecule has 0 radical (unpaired) electrons. The highest BCUT2D eigenvalue weighted by Gasteiger charge is 2.19. The molecule has 1 amide bonds. The Labute approximate surface area is 130 Å². The van der Waals surface area contributed by atoms with E-state index in [1.54, 1.807) is 18.3 Å². The van der Waals surface area contributed by atoms with Crippen molar-refractivity contribution in [1.82, 2.24) is 14.8 Å². The molecular formula is C13H16N4O2S2. The monoisotopic (exact) mass is 324 g/mol. The summed E-state index contributed by atoms with van der Waals surface area (Å²) < 4.78 is 1.85. The minimum absolute atomic E-state index is 0.0714. The molecule has 0 saturated heterocycles. The third-order valence-corrected chi connectivity index (χ3v) is 4.96. The summed E-state index contributed by atoms with van der Waals surface area (Å²) in [6, 6.07) is 3.87. The number of nitrogens with two attached hydrogens (primary N) is 1. The molecular weight excluding hydrogens is 308 g/mol. The second-order valence-electron chi connectivity index (χ2n) is 4.52. The number of ketones is 1. The lowest BCUT2D eigenvalue weighted by atomic mass is 10.3. The Morgan fingerprint density at radius 3 is 2.81 bits per heavy atom. The zero-order chi connectivity index (χ0) is 15.4. The van der Waals surface area contributed by atoms with E-state index in [-0.39, 0.29) is 23.4 Å². The summed E-state index contributed by atoms with van der Waals surface area (Å²) in [5, 5.41) is 10.7. The van der Waals surface area contributed by atoms with E-state index < -0.39 is 0 Å². The fraction of sp³-hybridized carbons (Fsp3) is 0.385. The van der Waals surface area contributed by atoms with Gasteiger partial charge in [0.15, 0.2) is 11.0 Å². The molecule has 0 aliphatic rings. The summed E-state index contributed by atoms with van der Waals surface area (Å²) in [7, 11) is 0. The Morgan fingerprint density at radius 1 is 1.48 bits per heavy atom. The molecule has 8 heteroatoms. The van der Waals surface area contributed by atoms with Crippen LogP contribution in [0, 0.1) is 0 Å². The molecule has 0 saturated carbocycles. The van der Waals surface area contributed by atoms with Gasteiger partial charge in [0.05, 0.1) is 10.1 Å². The van der Waals surface area contributed by atoms with Crippen LogP contribution in [-0.4, -0.2) is 31.7 Å². The van der Waals surface area contributed by atoms with Crippen LogP contribution in [0.2, 0.25) is 0 Å². The topological polar surface area (TPSA) is 90.9 Å². The van der Waals surface area contributed by atoms with Gasteiger partial charge >= 0.3 is 0 Å².